The van der Waals surface area contributed by atoms with Gasteiger partial charge in [0.15, 0.2) is 11.5 Å². The summed E-state index contributed by atoms with van der Waals surface area (Å²) in [6.07, 6.45) is 2.24. The van der Waals surface area contributed by atoms with Crippen LogP contribution in [0.3, 0.4) is 0 Å². The van der Waals surface area contributed by atoms with E-state index in [1.807, 2.05) is 6.07 Å². The van der Waals surface area contributed by atoms with Gasteiger partial charge in [0.2, 0.25) is 0 Å². The van der Waals surface area contributed by atoms with Gasteiger partial charge in [-0.15, -0.1) is 0 Å². The van der Waals surface area contributed by atoms with Crippen LogP contribution < -0.4 is 14.8 Å². The molecule has 1 saturated heterocycles. The quantitative estimate of drug-likeness (QED) is 0.284. The summed E-state index contributed by atoms with van der Waals surface area (Å²) in [5.41, 5.74) is 1.28. The lowest BCUT2D eigenvalue weighted by Crippen LogP contribution is -2.42. The number of hydrogen-bond acceptors (Lipinski definition) is 10. The molecule has 0 radical (unpaired) electrons. The molecule has 0 unspecified atom stereocenters. The number of rotatable bonds is 13. The summed E-state index contributed by atoms with van der Waals surface area (Å²) >= 11 is 6.28. The van der Waals surface area contributed by atoms with Gasteiger partial charge in [-0.05, 0) is 30.7 Å². The number of benzene rings is 2. The molecule has 1 aliphatic rings. The molecule has 200 valence electrons. The van der Waals surface area contributed by atoms with E-state index in [1.165, 1.54) is 13.4 Å². The Morgan fingerprint density at radius 1 is 1.11 bits per heavy atom. The Bertz CT molecular complexity index is 1160. The Labute approximate surface area is 221 Å². The highest BCUT2D eigenvalue weighted by atomic mass is 35.5. The van der Waals surface area contributed by atoms with Crippen LogP contribution in [-0.2, 0) is 4.74 Å². The van der Waals surface area contributed by atoms with Crippen molar-refractivity contribution in [1.29, 1.82) is 0 Å². The Hall–Kier alpha value is -2.89. The molecule has 1 fully saturated rings. The smallest absolute Gasteiger partial charge is 0.162 e. The third kappa shape index (κ3) is 7.56. The standard InChI is InChI=1S/C26H34ClN5O5/c1-35-25-17-21-20(16-23(25)34)26(29-18-28-21)30-22-15-19(27)3-4-24(22)37-12-2-5-31(8-11-33)6-7-32-9-13-36-14-10-32/h3-4,15-18,33-34H,2,5-14H2,1H3,(H,28,29,30). The molecule has 1 aliphatic heterocycles. The van der Waals surface area contributed by atoms with Crippen molar-refractivity contribution in [2.24, 2.45) is 0 Å². The number of ether oxygens (including phenoxy) is 3. The van der Waals surface area contributed by atoms with E-state index in [-0.39, 0.29) is 12.4 Å². The summed E-state index contributed by atoms with van der Waals surface area (Å²) in [5, 5.41) is 24.2. The number of phenolic OH excluding ortho intramolecular Hbond substituents is 1. The molecule has 4 rings (SSSR count). The van der Waals surface area contributed by atoms with E-state index in [0.29, 0.717) is 52.1 Å². The average Bonchev–Trinajstić information content (AvgIpc) is 2.91. The molecule has 2 heterocycles. The van der Waals surface area contributed by atoms with Gasteiger partial charge in [-0.3, -0.25) is 9.80 Å². The van der Waals surface area contributed by atoms with Crippen LogP contribution >= 0.6 is 11.6 Å². The highest BCUT2D eigenvalue weighted by Gasteiger charge is 2.14. The number of morpholine rings is 1. The van der Waals surface area contributed by atoms with Crippen LogP contribution in [0.15, 0.2) is 36.7 Å². The molecule has 0 spiro atoms. The van der Waals surface area contributed by atoms with Crippen molar-refractivity contribution >= 4 is 34.0 Å². The highest BCUT2D eigenvalue weighted by molar-refractivity contribution is 6.31. The van der Waals surface area contributed by atoms with E-state index in [2.05, 4.69) is 25.1 Å². The monoisotopic (exact) mass is 531 g/mol. The van der Waals surface area contributed by atoms with Gasteiger partial charge in [0.25, 0.3) is 0 Å². The Balaban J connectivity index is 1.37. The third-order valence-electron chi connectivity index (χ3n) is 6.26. The van der Waals surface area contributed by atoms with E-state index < -0.39 is 0 Å². The zero-order valence-corrected chi connectivity index (χ0v) is 21.8. The van der Waals surface area contributed by atoms with Gasteiger partial charge in [0.1, 0.15) is 17.9 Å². The molecule has 0 amide bonds. The molecular weight excluding hydrogens is 498 g/mol. The first-order valence-electron chi connectivity index (χ1n) is 12.4. The molecule has 2 aromatic carbocycles. The number of nitrogens with zero attached hydrogens (tertiary/aromatic N) is 4. The van der Waals surface area contributed by atoms with Crippen LogP contribution in [0.4, 0.5) is 11.5 Å². The Morgan fingerprint density at radius 3 is 2.73 bits per heavy atom. The van der Waals surface area contributed by atoms with Crippen molar-refractivity contribution in [3.05, 3.63) is 41.7 Å². The summed E-state index contributed by atoms with van der Waals surface area (Å²) in [7, 11) is 1.49. The fourth-order valence-electron chi connectivity index (χ4n) is 4.24. The van der Waals surface area contributed by atoms with Crippen molar-refractivity contribution in [1.82, 2.24) is 19.8 Å². The fraction of sp³-hybridized carbons (Fsp3) is 0.462. The second kappa shape index (κ2) is 13.6. The zero-order valence-electron chi connectivity index (χ0n) is 21.0. The van der Waals surface area contributed by atoms with Crippen molar-refractivity contribution < 1.29 is 24.4 Å². The maximum absolute atomic E-state index is 10.3. The number of anilines is 2. The lowest BCUT2D eigenvalue weighted by atomic mass is 10.2. The van der Waals surface area contributed by atoms with Gasteiger partial charge in [-0.2, -0.15) is 0 Å². The molecular formula is C26H34ClN5O5. The molecule has 1 aromatic heterocycles. The first-order valence-corrected chi connectivity index (χ1v) is 12.8. The summed E-state index contributed by atoms with van der Waals surface area (Å²) in [6, 6.07) is 8.59. The predicted octanol–water partition coefficient (Wildman–Crippen LogP) is 3.14. The van der Waals surface area contributed by atoms with Crippen molar-refractivity contribution in [3.63, 3.8) is 0 Å². The first-order chi connectivity index (χ1) is 18.1. The summed E-state index contributed by atoms with van der Waals surface area (Å²) in [5.74, 6) is 1.48. The van der Waals surface area contributed by atoms with Crippen LogP contribution in [-0.4, -0.2) is 103 Å². The van der Waals surface area contributed by atoms with E-state index in [4.69, 9.17) is 25.8 Å². The van der Waals surface area contributed by atoms with Gasteiger partial charge in [-0.25, -0.2) is 9.97 Å². The molecule has 3 N–H and O–H groups in total. The predicted molar refractivity (Wildman–Crippen MR) is 143 cm³/mol. The van der Waals surface area contributed by atoms with Gasteiger partial charge in [0.05, 0.1) is 44.7 Å². The molecule has 0 bridgehead atoms. The van der Waals surface area contributed by atoms with Crippen molar-refractivity contribution in [2.75, 3.05) is 78.1 Å². The molecule has 10 nitrogen and oxygen atoms in total. The number of hydrogen-bond donors (Lipinski definition) is 3. The van der Waals surface area contributed by atoms with E-state index in [1.54, 1.807) is 24.3 Å². The molecule has 0 saturated carbocycles. The average molecular weight is 532 g/mol. The SMILES string of the molecule is COc1cc2ncnc(Nc3cc(Cl)ccc3OCCCN(CCO)CCN3CCOCC3)c2cc1O. The van der Waals surface area contributed by atoms with Gasteiger partial charge < -0.3 is 29.7 Å². The number of halogens is 1. The number of fused-ring (bicyclic) bond motifs is 1. The van der Waals surface area contributed by atoms with Crippen molar-refractivity contribution in [3.8, 4) is 17.2 Å². The number of aliphatic hydroxyl groups excluding tert-OH is 1. The largest absolute Gasteiger partial charge is 0.504 e. The number of methoxy groups -OCH3 is 1. The number of aromatic hydroxyl groups is 1. The van der Waals surface area contributed by atoms with E-state index in [0.717, 1.165) is 52.4 Å². The Kier molecular flexibility index (Phi) is 9.98. The Morgan fingerprint density at radius 2 is 1.95 bits per heavy atom. The topological polar surface area (TPSA) is 112 Å². The zero-order chi connectivity index (χ0) is 26.0. The molecule has 3 aromatic rings. The normalized spacial score (nSPS) is 14.3. The van der Waals surface area contributed by atoms with Gasteiger partial charge >= 0.3 is 0 Å². The maximum Gasteiger partial charge on any atom is 0.162 e. The first kappa shape index (κ1) is 27.2. The minimum absolute atomic E-state index is 0.00327. The fourth-order valence-corrected chi connectivity index (χ4v) is 4.42. The lowest BCUT2D eigenvalue weighted by molar-refractivity contribution is 0.0322. The second-order valence-electron chi connectivity index (χ2n) is 8.75. The van der Waals surface area contributed by atoms with Gasteiger partial charge in [-0.1, -0.05) is 11.6 Å². The highest BCUT2D eigenvalue weighted by Crippen LogP contribution is 2.36. The summed E-state index contributed by atoms with van der Waals surface area (Å²) in [6.45, 7) is 7.42. The van der Waals surface area contributed by atoms with Crippen LogP contribution in [0.25, 0.3) is 10.9 Å². The van der Waals surface area contributed by atoms with Crippen LogP contribution in [0.5, 0.6) is 17.2 Å². The lowest BCUT2D eigenvalue weighted by Gasteiger charge is -2.29. The maximum atomic E-state index is 10.3. The van der Waals surface area contributed by atoms with Crippen molar-refractivity contribution in [2.45, 2.75) is 6.42 Å². The molecule has 0 atom stereocenters. The van der Waals surface area contributed by atoms with E-state index >= 15 is 0 Å². The second-order valence-corrected chi connectivity index (χ2v) is 9.19. The number of aromatic nitrogens is 2. The number of nitrogens with one attached hydrogen (secondary N) is 1. The van der Waals surface area contributed by atoms with Crippen LogP contribution in [0, 0.1) is 0 Å². The van der Waals surface area contributed by atoms with E-state index in [9.17, 15) is 10.2 Å². The molecule has 0 aliphatic carbocycles. The van der Waals surface area contributed by atoms with Crippen LogP contribution in [0.2, 0.25) is 5.02 Å². The minimum atomic E-state index is -0.00327. The minimum Gasteiger partial charge on any atom is -0.504 e. The number of aliphatic hydroxyl groups is 1. The summed E-state index contributed by atoms with van der Waals surface area (Å²) < 4.78 is 16.7. The van der Waals surface area contributed by atoms with Crippen LogP contribution in [0.1, 0.15) is 6.42 Å². The summed E-state index contributed by atoms with van der Waals surface area (Å²) in [4.78, 5) is 13.3. The molecule has 37 heavy (non-hydrogen) atoms. The number of phenols is 1. The van der Waals surface area contributed by atoms with Gasteiger partial charge in [0, 0.05) is 55.7 Å². The molecule has 11 heteroatoms. The third-order valence-corrected chi connectivity index (χ3v) is 6.49.